The summed E-state index contributed by atoms with van der Waals surface area (Å²) < 4.78 is 15.8. The molecule has 0 spiro atoms. The fourth-order valence-corrected chi connectivity index (χ4v) is 3.52. The van der Waals surface area contributed by atoms with Gasteiger partial charge in [0.05, 0.1) is 22.6 Å². The average molecular weight is 344 g/mol. The van der Waals surface area contributed by atoms with E-state index >= 15 is 0 Å². The highest BCUT2D eigenvalue weighted by Crippen LogP contribution is 2.34. The van der Waals surface area contributed by atoms with Gasteiger partial charge in [0.1, 0.15) is 5.82 Å². The van der Waals surface area contributed by atoms with Gasteiger partial charge in [-0.05, 0) is 44.9 Å². The summed E-state index contributed by atoms with van der Waals surface area (Å²) in [5, 5.41) is 4.51. The predicted octanol–water partition coefficient (Wildman–Crippen LogP) is 3.54. The minimum atomic E-state index is -0.332. The second-order valence-corrected chi connectivity index (χ2v) is 6.63. The van der Waals surface area contributed by atoms with Crippen molar-refractivity contribution in [1.29, 1.82) is 0 Å². The van der Waals surface area contributed by atoms with E-state index in [0.29, 0.717) is 17.8 Å². The number of carbonyl (C=O) groups excluding carboxylic acids is 1. The molecule has 0 bridgehead atoms. The molecule has 0 saturated carbocycles. The average Bonchev–Trinajstić information content (AvgIpc) is 2.74. The maximum atomic E-state index is 13.9. The van der Waals surface area contributed by atoms with Gasteiger partial charge in [0.2, 0.25) is 0 Å². The van der Waals surface area contributed by atoms with Gasteiger partial charge < -0.3 is 9.80 Å². The zero-order valence-electron chi connectivity index (χ0n) is 15.3. The van der Waals surface area contributed by atoms with Crippen LogP contribution in [0.25, 0.3) is 0 Å². The van der Waals surface area contributed by atoms with Gasteiger partial charge in [-0.1, -0.05) is 6.92 Å². The van der Waals surface area contributed by atoms with E-state index in [1.165, 1.54) is 12.1 Å². The van der Waals surface area contributed by atoms with Gasteiger partial charge in [0.25, 0.3) is 5.91 Å². The van der Waals surface area contributed by atoms with Crippen molar-refractivity contribution >= 4 is 17.3 Å². The van der Waals surface area contributed by atoms with Crippen LogP contribution >= 0.6 is 0 Å². The molecule has 0 fully saturated rings. The van der Waals surface area contributed by atoms with Crippen molar-refractivity contribution in [3.05, 3.63) is 41.0 Å². The third-order valence-corrected chi connectivity index (χ3v) is 4.79. The van der Waals surface area contributed by atoms with Crippen LogP contribution in [0.5, 0.6) is 0 Å². The Labute approximate surface area is 148 Å². The summed E-state index contributed by atoms with van der Waals surface area (Å²) in [5.41, 5.74) is 3.75. The fraction of sp³-hybridized carbons (Fsp3) is 0.474. The number of fused-ring (bicyclic) bond motifs is 1. The molecule has 0 saturated heterocycles. The van der Waals surface area contributed by atoms with E-state index in [1.54, 1.807) is 11.0 Å². The first-order valence-electron chi connectivity index (χ1n) is 8.80. The highest BCUT2D eigenvalue weighted by Gasteiger charge is 2.28. The molecule has 0 N–H and O–H groups in total. The van der Waals surface area contributed by atoms with Crippen LogP contribution in [0.15, 0.2) is 18.2 Å². The van der Waals surface area contributed by atoms with Crippen LogP contribution in [0.3, 0.4) is 0 Å². The molecule has 1 aromatic carbocycles. The molecule has 3 rings (SSSR count). The van der Waals surface area contributed by atoms with Crippen molar-refractivity contribution in [2.45, 2.75) is 40.2 Å². The molecule has 134 valence electrons. The SMILES string of the molecule is CCCn1nc(C)c(C(=O)N2CCCN(C)c3ccc(F)cc32)c1C. The topological polar surface area (TPSA) is 41.4 Å². The van der Waals surface area contributed by atoms with Crippen molar-refractivity contribution in [1.82, 2.24) is 9.78 Å². The normalized spacial score (nSPS) is 14.4. The van der Waals surface area contributed by atoms with Crippen LogP contribution in [-0.2, 0) is 6.54 Å². The maximum Gasteiger partial charge on any atom is 0.262 e. The van der Waals surface area contributed by atoms with E-state index in [4.69, 9.17) is 0 Å². The molecule has 0 aliphatic carbocycles. The summed E-state index contributed by atoms with van der Waals surface area (Å²) in [6.45, 7) is 8.06. The van der Waals surface area contributed by atoms with E-state index in [0.717, 1.165) is 43.0 Å². The van der Waals surface area contributed by atoms with Gasteiger partial charge in [-0.15, -0.1) is 0 Å². The molecule has 1 aliphatic rings. The van der Waals surface area contributed by atoms with E-state index in [9.17, 15) is 9.18 Å². The van der Waals surface area contributed by atoms with Gasteiger partial charge in [-0.3, -0.25) is 9.48 Å². The summed E-state index contributed by atoms with van der Waals surface area (Å²) in [5.74, 6) is -0.429. The summed E-state index contributed by atoms with van der Waals surface area (Å²) in [7, 11) is 1.97. The van der Waals surface area contributed by atoms with E-state index in [2.05, 4.69) is 16.9 Å². The highest BCUT2D eigenvalue weighted by molar-refractivity contribution is 6.09. The number of nitrogens with zero attached hydrogens (tertiary/aromatic N) is 4. The van der Waals surface area contributed by atoms with Crippen molar-refractivity contribution in [3.8, 4) is 0 Å². The molecule has 2 aromatic rings. The number of carbonyl (C=O) groups is 1. The maximum absolute atomic E-state index is 13.9. The zero-order chi connectivity index (χ0) is 18.1. The van der Waals surface area contributed by atoms with Crippen LogP contribution in [0, 0.1) is 19.7 Å². The Morgan fingerprint density at radius 2 is 2.00 bits per heavy atom. The quantitative estimate of drug-likeness (QED) is 0.855. The number of aryl methyl sites for hydroxylation is 2. The third-order valence-electron chi connectivity index (χ3n) is 4.79. The Hall–Kier alpha value is -2.37. The first-order chi connectivity index (χ1) is 11.9. The molecule has 1 aromatic heterocycles. The van der Waals surface area contributed by atoms with Crippen molar-refractivity contribution in [2.75, 3.05) is 29.9 Å². The summed E-state index contributed by atoms with van der Waals surface area (Å²) in [4.78, 5) is 17.1. The molecule has 1 amide bonds. The monoisotopic (exact) mass is 344 g/mol. The van der Waals surface area contributed by atoms with Gasteiger partial charge in [-0.25, -0.2) is 4.39 Å². The smallest absolute Gasteiger partial charge is 0.262 e. The number of rotatable bonds is 3. The van der Waals surface area contributed by atoms with Crippen LogP contribution in [0.4, 0.5) is 15.8 Å². The van der Waals surface area contributed by atoms with Crippen LogP contribution < -0.4 is 9.80 Å². The number of halogens is 1. The first-order valence-corrected chi connectivity index (χ1v) is 8.80. The molecule has 5 nitrogen and oxygen atoms in total. The molecule has 2 heterocycles. The number of aromatic nitrogens is 2. The summed E-state index contributed by atoms with van der Waals surface area (Å²) >= 11 is 0. The van der Waals surface area contributed by atoms with E-state index in [-0.39, 0.29) is 11.7 Å². The number of hydrogen-bond donors (Lipinski definition) is 0. The van der Waals surface area contributed by atoms with Gasteiger partial charge >= 0.3 is 0 Å². The number of hydrogen-bond acceptors (Lipinski definition) is 3. The van der Waals surface area contributed by atoms with Gasteiger partial charge in [0.15, 0.2) is 0 Å². The summed E-state index contributed by atoms with van der Waals surface area (Å²) in [6.07, 6.45) is 1.79. The predicted molar refractivity (Wildman–Crippen MR) is 98.0 cm³/mol. The van der Waals surface area contributed by atoms with Crippen LogP contribution in [0.1, 0.15) is 41.5 Å². The largest absolute Gasteiger partial charge is 0.373 e. The lowest BCUT2D eigenvalue weighted by molar-refractivity contribution is 0.0986. The molecule has 6 heteroatoms. The Kier molecular flexibility index (Phi) is 4.79. The van der Waals surface area contributed by atoms with Gasteiger partial charge in [0, 0.05) is 32.4 Å². The minimum absolute atomic E-state index is 0.0977. The zero-order valence-corrected chi connectivity index (χ0v) is 15.3. The lowest BCUT2D eigenvalue weighted by atomic mass is 10.1. The van der Waals surface area contributed by atoms with Crippen molar-refractivity contribution in [3.63, 3.8) is 0 Å². The van der Waals surface area contributed by atoms with E-state index in [1.807, 2.05) is 25.6 Å². The number of anilines is 2. The lowest BCUT2D eigenvalue weighted by Gasteiger charge is -2.24. The molecule has 0 atom stereocenters. The third kappa shape index (κ3) is 3.13. The fourth-order valence-electron chi connectivity index (χ4n) is 3.52. The van der Waals surface area contributed by atoms with Crippen LogP contribution in [0.2, 0.25) is 0 Å². The van der Waals surface area contributed by atoms with Crippen molar-refractivity contribution < 1.29 is 9.18 Å². The number of benzene rings is 1. The second-order valence-electron chi connectivity index (χ2n) is 6.63. The van der Waals surface area contributed by atoms with E-state index < -0.39 is 0 Å². The minimum Gasteiger partial charge on any atom is -0.373 e. The molecule has 0 radical (unpaired) electrons. The Balaban J connectivity index is 2.06. The second kappa shape index (κ2) is 6.86. The number of amides is 1. The van der Waals surface area contributed by atoms with Gasteiger partial charge in [-0.2, -0.15) is 5.10 Å². The lowest BCUT2D eigenvalue weighted by Crippen LogP contribution is -2.32. The highest BCUT2D eigenvalue weighted by atomic mass is 19.1. The van der Waals surface area contributed by atoms with Crippen molar-refractivity contribution in [2.24, 2.45) is 0 Å². The van der Waals surface area contributed by atoms with Crippen LogP contribution in [-0.4, -0.2) is 35.8 Å². The summed E-state index contributed by atoms with van der Waals surface area (Å²) in [6, 6.07) is 4.64. The standard InChI is InChI=1S/C19H25FN4O/c1-5-9-24-14(3)18(13(2)21-24)19(25)23-11-6-10-22(4)16-8-7-15(20)12-17(16)23/h7-8,12H,5-6,9-11H2,1-4H3. The molecule has 0 unspecified atom stereocenters. The molecular formula is C19H25FN4O. The Bertz CT molecular complexity index is 799. The molecule has 25 heavy (non-hydrogen) atoms. The first kappa shape index (κ1) is 17.5. The Morgan fingerprint density at radius 1 is 1.24 bits per heavy atom. The molecule has 1 aliphatic heterocycles. The Morgan fingerprint density at radius 3 is 2.72 bits per heavy atom. The molecular weight excluding hydrogens is 319 g/mol.